The van der Waals surface area contributed by atoms with Crippen molar-refractivity contribution in [1.29, 1.82) is 0 Å². The normalized spacial score (nSPS) is 18.4. The lowest BCUT2D eigenvalue weighted by molar-refractivity contribution is -0.141. The summed E-state index contributed by atoms with van der Waals surface area (Å²) in [5.41, 5.74) is 0.721. The Morgan fingerprint density at radius 1 is 1.06 bits per heavy atom. The molecule has 2 amide bonds. The van der Waals surface area contributed by atoms with E-state index in [1.165, 1.54) is 0 Å². The number of benzene rings is 2. The van der Waals surface area contributed by atoms with Crippen LogP contribution in [0.2, 0.25) is 0 Å². The van der Waals surface area contributed by atoms with E-state index in [-0.39, 0.29) is 17.2 Å². The standard InChI is InChI=1S/C27H36N2O3/c1-22(2)17-25(30)29-16-10-15-27(20-29,21-32-24-13-8-5-9-14-24)18-26(31)28(3)19-23-11-6-4-7-12-23/h4-9,11-14,22H,10,15-21H2,1-3H3/t27-/m1/s1. The Bertz CT molecular complexity index is 869. The lowest BCUT2D eigenvalue weighted by Gasteiger charge is -2.43. The molecule has 0 spiro atoms. The summed E-state index contributed by atoms with van der Waals surface area (Å²) >= 11 is 0. The molecule has 3 rings (SSSR count). The van der Waals surface area contributed by atoms with Crippen molar-refractivity contribution in [2.24, 2.45) is 11.3 Å². The Morgan fingerprint density at radius 3 is 2.38 bits per heavy atom. The van der Waals surface area contributed by atoms with Crippen molar-refractivity contribution in [1.82, 2.24) is 9.80 Å². The van der Waals surface area contributed by atoms with Crippen LogP contribution in [0.1, 0.15) is 45.1 Å². The molecule has 1 saturated heterocycles. The van der Waals surface area contributed by atoms with Crippen LogP contribution in [0.5, 0.6) is 5.75 Å². The maximum absolute atomic E-state index is 13.3. The van der Waals surface area contributed by atoms with Gasteiger partial charge in [-0.25, -0.2) is 0 Å². The van der Waals surface area contributed by atoms with Crippen LogP contribution in [-0.4, -0.2) is 48.4 Å². The van der Waals surface area contributed by atoms with E-state index in [4.69, 9.17) is 4.74 Å². The zero-order chi connectivity index (χ0) is 23.0. The molecule has 1 heterocycles. The van der Waals surface area contributed by atoms with Crippen molar-refractivity contribution in [3.63, 3.8) is 0 Å². The van der Waals surface area contributed by atoms with Gasteiger partial charge in [-0.05, 0) is 36.5 Å². The molecular weight excluding hydrogens is 400 g/mol. The molecule has 5 nitrogen and oxygen atoms in total. The largest absolute Gasteiger partial charge is 0.493 e. The fraction of sp³-hybridized carbons (Fsp3) is 0.481. The summed E-state index contributed by atoms with van der Waals surface area (Å²) in [4.78, 5) is 29.8. The highest BCUT2D eigenvalue weighted by Crippen LogP contribution is 2.35. The molecular formula is C27H36N2O3. The molecule has 2 aromatic carbocycles. The van der Waals surface area contributed by atoms with Crippen LogP contribution in [-0.2, 0) is 16.1 Å². The van der Waals surface area contributed by atoms with Crippen molar-refractivity contribution >= 4 is 11.8 Å². The van der Waals surface area contributed by atoms with Crippen LogP contribution < -0.4 is 4.74 Å². The molecule has 1 aliphatic rings. The molecule has 0 N–H and O–H groups in total. The fourth-order valence-electron chi connectivity index (χ4n) is 4.37. The van der Waals surface area contributed by atoms with E-state index in [1.54, 1.807) is 4.90 Å². The van der Waals surface area contributed by atoms with E-state index in [1.807, 2.05) is 72.6 Å². The van der Waals surface area contributed by atoms with Crippen LogP contribution in [0.4, 0.5) is 0 Å². The second-order valence-corrected chi connectivity index (χ2v) is 9.53. The lowest BCUT2D eigenvalue weighted by Crippen LogP contribution is -2.50. The first-order chi connectivity index (χ1) is 15.4. The number of hydrogen-bond donors (Lipinski definition) is 0. The topological polar surface area (TPSA) is 49.9 Å². The minimum Gasteiger partial charge on any atom is -0.493 e. The van der Waals surface area contributed by atoms with Gasteiger partial charge in [0.25, 0.3) is 0 Å². The summed E-state index contributed by atoms with van der Waals surface area (Å²) < 4.78 is 6.15. The van der Waals surface area contributed by atoms with Gasteiger partial charge >= 0.3 is 0 Å². The molecule has 0 aromatic heterocycles. The van der Waals surface area contributed by atoms with Crippen LogP contribution in [0.15, 0.2) is 60.7 Å². The minimum absolute atomic E-state index is 0.0867. The highest BCUT2D eigenvalue weighted by atomic mass is 16.5. The summed E-state index contributed by atoms with van der Waals surface area (Å²) in [7, 11) is 1.85. The van der Waals surface area contributed by atoms with E-state index < -0.39 is 0 Å². The summed E-state index contributed by atoms with van der Waals surface area (Å²) in [6.07, 6.45) is 2.67. The Morgan fingerprint density at radius 2 is 1.72 bits per heavy atom. The van der Waals surface area contributed by atoms with Gasteiger partial charge in [0.1, 0.15) is 5.75 Å². The van der Waals surface area contributed by atoms with Gasteiger partial charge in [0.15, 0.2) is 0 Å². The molecule has 5 heteroatoms. The van der Waals surface area contributed by atoms with Gasteiger partial charge in [0, 0.05) is 44.9 Å². The zero-order valence-electron chi connectivity index (χ0n) is 19.6. The van der Waals surface area contributed by atoms with Crippen molar-refractivity contribution in [2.75, 3.05) is 26.7 Å². The molecule has 0 unspecified atom stereocenters. The number of likely N-dealkylation sites (tertiary alicyclic amines) is 1. The average molecular weight is 437 g/mol. The average Bonchev–Trinajstić information content (AvgIpc) is 2.79. The molecule has 1 fully saturated rings. The zero-order valence-corrected chi connectivity index (χ0v) is 19.6. The summed E-state index contributed by atoms with van der Waals surface area (Å²) in [6.45, 7) is 6.45. The number of ether oxygens (including phenoxy) is 1. The van der Waals surface area contributed by atoms with Gasteiger partial charge in [0.2, 0.25) is 11.8 Å². The molecule has 1 aliphatic heterocycles. The minimum atomic E-state index is -0.386. The first-order valence-corrected chi connectivity index (χ1v) is 11.6. The van der Waals surface area contributed by atoms with E-state index in [2.05, 4.69) is 13.8 Å². The van der Waals surface area contributed by atoms with Gasteiger partial charge in [-0.3, -0.25) is 9.59 Å². The smallest absolute Gasteiger partial charge is 0.223 e. The molecule has 0 bridgehead atoms. The maximum Gasteiger partial charge on any atom is 0.223 e. The van der Waals surface area contributed by atoms with Gasteiger partial charge < -0.3 is 14.5 Å². The van der Waals surface area contributed by atoms with E-state index in [9.17, 15) is 9.59 Å². The van der Waals surface area contributed by atoms with Crippen molar-refractivity contribution in [3.8, 4) is 5.75 Å². The molecule has 0 radical (unpaired) electrons. The highest BCUT2D eigenvalue weighted by molar-refractivity contribution is 5.78. The molecule has 0 aliphatic carbocycles. The number of piperidine rings is 1. The second-order valence-electron chi connectivity index (χ2n) is 9.53. The number of carbonyl (C=O) groups excluding carboxylic acids is 2. The number of nitrogens with zero attached hydrogens (tertiary/aromatic N) is 2. The third-order valence-electron chi connectivity index (χ3n) is 6.10. The number of carbonyl (C=O) groups is 2. The van der Waals surface area contributed by atoms with E-state index in [0.29, 0.717) is 38.5 Å². The molecule has 172 valence electrons. The lowest BCUT2D eigenvalue weighted by atomic mass is 9.77. The first-order valence-electron chi connectivity index (χ1n) is 11.6. The number of rotatable bonds is 9. The van der Waals surface area contributed by atoms with Crippen LogP contribution in [0, 0.1) is 11.3 Å². The Labute approximate surface area is 192 Å². The number of hydrogen-bond acceptors (Lipinski definition) is 3. The maximum atomic E-state index is 13.3. The van der Waals surface area contributed by atoms with Gasteiger partial charge in [-0.1, -0.05) is 62.4 Å². The van der Waals surface area contributed by atoms with Crippen molar-refractivity contribution in [2.45, 2.75) is 46.1 Å². The Kier molecular flexibility index (Phi) is 8.32. The van der Waals surface area contributed by atoms with Gasteiger partial charge in [0.05, 0.1) is 6.61 Å². The number of para-hydroxylation sites is 1. The fourth-order valence-corrected chi connectivity index (χ4v) is 4.37. The third kappa shape index (κ3) is 6.84. The van der Waals surface area contributed by atoms with Crippen molar-refractivity contribution < 1.29 is 14.3 Å². The van der Waals surface area contributed by atoms with Crippen LogP contribution in [0.25, 0.3) is 0 Å². The van der Waals surface area contributed by atoms with Crippen LogP contribution in [0.3, 0.4) is 0 Å². The van der Waals surface area contributed by atoms with Crippen LogP contribution >= 0.6 is 0 Å². The summed E-state index contributed by atoms with van der Waals surface area (Å²) in [6, 6.07) is 19.7. The molecule has 32 heavy (non-hydrogen) atoms. The quantitative estimate of drug-likeness (QED) is 0.569. The van der Waals surface area contributed by atoms with E-state index >= 15 is 0 Å². The Hall–Kier alpha value is -2.82. The first kappa shape index (κ1) is 23.8. The van der Waals surface area contributed by atoms with Gasteiger partial charge in [-0.15, -0.1) is 0 Å². The SMILES string of the molecule is CC(C)CC(=O)N1CCC[C@@](COc2ccccc2)(CC(=O)N(C)Cc2ccccc2)C1. The molecule has 2 aromatic rings. The van der Waals surface area contributed by atoms with Gasteiger partial charge in [-0.2, -0.15) is 0 Å². The number of amides is 2. The molecule has 0 saturated carbocycles. The summed E-state index contributed by atoms with van der Waals surface area (Å²) in [5.74, 6) is 1.37. The Balaban J connectivity index is 1.73. The predicted molar refractivity (Wildman–Crippen MR) is 127 cm³/mol. The predicted octanol–water partition coefficient (Wildman–Crippen LogP) is 4.77. The molecule has 1 atom stereocenters. The van der Waals surface area contributed by atoms with E-state index in [0.717, 1.165) is 30.7 Å². The highest BCUT2D eigenvalue weighted by Gasteiger charge is 2.40. The van der Waals surface area contributed by atoms with Crippen molar-refractivity contribution in [3.05, 3.63) is 66.2 Å². The summed E-state index contributed by atoms with van der Waals surface area (Å²) in [5, 5.41) is 0. The monoisotopic (exact) mass is 436 g/mol. The second kappa shape index (κ2) is 11.2. The third-order valence-corrected chi connectivity index (χ3v) is 6.10.